The summed E-state index contributed by atoms with van der Waals surface area (Å²) in [7, 11) is 0. The lowest BCUT2D eigenvalue weighted by Crippen LogP contribution is -2.43. The van der Waals surface area contributed by atoms with E-state index in [0.29, 0.717) is 18.9 Å². The molecule has 0 saturated carbocycles. The average molecular weight is 301 g/mol. The van der Waals surface area contributed by atoms with Crippen LogP contribution in [0.3, 0.4) is 0 Å². The van der Waals surface area contributed by atoms with E-state index in [-0.39, 0.29) is 12.6 Å². The number of ether oxygens (including phenoxy) is 2. The Balaban J connectivity index is 2.61. The van der Waals surface area contributed by atoms with E-state index in [1.807, 2.05) is 0 Å². The van der Waals surface area contributed by atoms with Crippen LogP contribution in [-0.4, -0.2) is 53.0 Å². The second-order valence-electron chi connectivity index (χ2n) is 6.90. The number of carbonyl (C=O) groups excluding carboxylic acids is 1. The van der Waals surface area contributed by atoms with Gasteiger partial charge in [0, 0.05) is 13.0 Å². The molecule has 2 atom stereocenters. The molecule has 122 valence electrons. The third-order valence-electron chi connectivity index (χ3n) is 3.22. The van der Waals surface area contributed by atoms with Crippen molar-refractivity contribution in [3.8, 4) is 0 Å². The molecule has 1 heterocycles. The molecule has 0 aromatic carbocycles. The minimum atomic E-state index is -1.02. The number of likely N-dealkylation sites (tertiary alicyclic amines) is 1. The topological polar surface area (TPSA) is 76.1 Å². The van der Waals surface area contributed by atoms with Crippen molar-refractivity contribution >= 4 is 12.1 Å². The van der Waals surface area contributed by atoms with E-state index < -0.39 is 23.7 Å². The molecule has 6 heteroatoms. The van der Waals surface area contributed by atoms with Gasteiger partial charge in [-0.3, -0.25) is 4.90 Å². The van der Waals surface area contributed by atoms with Crippen LogP contribution in [0.1, 0.15) is 47.5 Å². The van der Waals surface area contributed by atoms with Gasteiger partial charge in [-0.25, -0.2) is 9.59 Å². The molecule has 0 aromatic rings. The Morgan fingerprint density at radius 1 is 1.33 bits per heavy atom. The fourth-order valence-electron chi connectivity index (χ4n) is 2.15. The van der Waals surface area contributed by atoms with Gasteiger partial charge in [0.15, 0.2) is 0 Å². The summed E-state index contributed by atoms with van der Waals surface area (Å²) in [6.07, 6.45) is 0.398. The van der Waals surface area contributed by atoms with E-state index in [9.17, 15) is 14.7 Å². The lowest BCUT2D eigenvalue weighted by atomic mass is 10.1. The average Bonchev–Trinajstić information content (AvgIpc) is 2.70. The zero-order valence-corrected chi connectivity index (χ0v) is 13.6. The van der Waals surface area contributed by atoms with Gasteiger partial charge in [-0.05, 0) is 33.1 Å². The minimum Gasteiger partial charge on any atom is -0.480 e. The predicted molar refractivity (Wildman–Crippen MR) is 78.2 cm³/mol. The molecule has 1 fully saturated rings. The normalized spacial score (nSPS) is 22.7. The van der Waals surface area contributed by atoms with Crippen molar-refractivity contribution in [2.75, 3.05) is 13.2 Å². The molecule has 0 aliphatic carbocycles. The third kappa shape index (κ3) is 5.91. The zero-order valence-electron chi connectivity index (χ0n) is 13.6. The Kier molecular flexibility index (Phi) is 6.01. The molecule has 0 unspecified atom stereocenters. The van der Waals surface area contributed by atoms with Gasteiger partial charge in [-0.15, -0.1) is 0 Å². The first kappa shape index (κ1) is 17.8. The van der Waals surface area contributed by atoms with E-state index in [0.717, 1.165) is 6.42 Å². The van der Waals surface area contributed by atoms with Crippen LogP contribution < -0.4 is 0 Å². The summed E-state index contributed by atoms with van der Waals surface area (Å²) in [4.78, 5) is 24.7. The monoisotopic (exact) mass is 301 g/mol. The highest BCUT2D eigenvalue weighted by molar-refractivity contribution is 5.81. The number of carboxylic acid groups (broad SMARTS) is 1. The van der Waals surface area contributed by atoms with Gasteiger partial charge in [0.2, 0.25) is 0 Å². The van der Waals surface area contributed by atoms with Crippen molar-refractivity contribution in [2.45, 2.75) is 65.2 Å². The summed E-state index contributed by atoms with van der Waals surface area (Å²) in [5.41, 5.74) is -0.642. The van der Waals surface area contributed by atoms with Gasteiger partial charge >= 0.3 is 12.1 Å². The Bertz CT molecular complexity index is 375. The van der Waals surface area contributed by atoms with E-state index in [4.69, 9.17) is 9.47 Å². The lowest BCUT2D eigenvalue weighted by Gasteiger charge is -2.26. The Hall–Kier alpha value is -1.30. The van der Waals surface area contributed by atoms with Crippen LogP contribution in [-0.2, 0) is 14.3 Å². The number of hydrogen-bond donors (Lipinski definition) is 1. The van der Waals surface area contributed by atoms with E-state index in [1.54, 1.807) is 20.8 Å². The first-order valence-corrected chi connectivity index (χ1v) is 7.44. The van der Waals surface area contributed by atoms with Crippen LogP contribution in [0.4, 0.5) is 4.79 Å². The number of rotatable bonds is 5. The fourth-order valence-corrected chi connectivity index (χ4v) is 2.15. The maximum absolute atomic E-state index is 12.1. The predicted octanol–water partition coefficient (Wildman–Crippen LogP) is 2.51. The highest BCUT2D eigenvalue weighted by atomic mass is 16.6. The second-order valence-corrected chi connectivity index (χ2v) is 6.90. The van der Waals surface area contributed by atoms with Gasteiger partial charge in [0.05, 0.1) is 12.6 Å². The Morgan fingerprint density at radius 3 is 2.43 bits per heavy atom. The van der Waals surface area contributed by atoms with Crippen LogP contribution in [0.2, 0.25) is 0 Å². The molecule has 1 saturated heterocycles. The molecule has 0 bridgehead atoms. The summed E-state index contributed by atoms with van der Waals surface area (Å²) in [6, 6.07) is -0.871. The van der Waals surface area contributed by atoms with E-state index >= 15 is 0 Å². The van der Waals surface area contributed by atoms with Gasteiger partial charge in [0.25, 0.3) is 0 Å². The van der Waals surface area contributed by atoms with Gasteiger partial charge in [-0.2, -0.15) is 0 Å². The molecule has 0 radical (unpaired) electrons. The zero-order chi connectivity index (χ0) is 16.2. The maximum atomic E-state index is 12.1. The number of nitrogens with zero attached hydrogens (tertiary/aromatic N) is 1. The van der Waals surface area contributed by atoms with Crippen LogP contribution in [0, 0.1) is 5.92 Å². The van der Waals surface area contributed by atoms with Crippen LogP contribution in [0.5, 0.6) is 0 Å². The highest BCUT2D eigenvalue weighted by Crippen LogP contribution is 2.23. The summed E-state index contributed by atoms with van der Waals surface area (Å²) in [5, 5.41) is 9.26. The molecule has 21 heavy (non-hydrogen) atoms. The van der Waals surface area contributed by atoms with E-state index in [2.05, 4.69) is 13.8 Å². The Labute approximate surface area is 126 Å². The van der Waals surface area contributed by atoms with Gasteiger partial charge in [0.1, 0.15) is 11.6 Å². The summed E-state index contributed by atoms with van der Waals surface area (Å²) >= 11 is 0. The lowest BCUT2D eigenvalue weighted by molar-refractivity contribution is -0.142. The number of carbonyl (C=O) groups is 2. The first-order valence-electron chi connectivity index (χ1n) is 7.44. The molecule has 6 nitrogen and oxygen atoms in total. The van der Waals surface area contributed by atoms with Crippen LogP contribution >= 0.6 is 0 Å². The molecule has 0 spiro atoms. The third-order valence-corrected chi connectivity index (χ3v) is 3.22. The SMILES string of the molecule is CC(C)CCO[C@@H]1C[C@@H](C(=O)O)N(C(=O)OC(C)(C)C)C1. The van der Waals surface area contributed by atoms with Crippen molar-refractivity contribution in [1.82, 2.24) is 4.90 Å². The van der Waals surface area contributed by atoms with Crippen molar-refractivity contribution in [1.29, 1.82) is 0 Å². The molecule has 1 aliphatic heterocycles. The maximum Gasteiger partial charge on any atom is 0.411 e. The largest absolute Gasteiger partial charge is 0.480 e. The Morgan fingerprint density at radius 2 is 1.95 bits per heavy atom. The van der Waals surface area contributed by atoms with Crippen LogP contribution in [0.25, 0.3) is 0 Å². The standard InChI is InChI=1S/C15H27NO5/c1-10(2)6-7-20-11-8-12(13(17)18)16(9-11)14(19)21-15(3,4)5/h10-12H,6-9H2,1-5H3,(H,17,18)/t11-,12+/m1/s1. The summed E-state index contributed by atoms with van der Waals surface area (Å²) in [6.45, 7) is 10.3. The summed E-state index contributed by atoms with van der Waals surface area (Å²) in [5.74, 6) is -0.487. The molecule has 1 aliphatic rings. The molecule has 1 rings (SSSR count). The van der Waals surface area contributed by atoms with Crippen molar-refractivity contribution in [3.05, 3.63) is 0 Å². The molecular weight excluding hydrogens is 274 g/mol. The number of aliphatic carboxylic acids is 1. The summed E-state index contributed by atoms with van der Waals surface area (Å²) < 4.78 is 11.0. The first-order chi connectivity index (χ1) is 9.60. The molecule has 0 aromatic heterocycles. The van der Waals surface area contributed by atoms with Crippen molar-refractivity contribution in [3.63, 3.8) is 0 Å². The molecule has 1 N–H and O–H groups in total. The smallest absolute Gasteiger partial charge is 0.411 e. The highest BCUT2D eigenvalue weighted by Gasteiger charge is 2.42. The molecule has 1 amide bonds. The minimum absolute atomic E-state index is 0.239. The van der Waals surface area contributed by atoms with Crippen molar-refractivity contribution < 1.29 is 24.2 Å². The quantitative estimate of drug-likeness (QED) is 0.844. The molecular formula is C15H27NO5. The fraction of sp³-hybridized carbons (Fsp3) is 0.867. The second kappa shape index (κ2) is 7.11. The van der Waals surface area contributed by atoms with Gasteiger partial charge < -0.3 is 14.6 Å². The number of amides is 1. The van der Waals surface area contributed by atoms with Gasteiger partial charge in [-0.1, -0.05) is 13.8 Å². The number of carboxylic acids is 1. The number of hydrogen-bond acceptors (Lipinski definition) is 4. The van der Waals surface area contributed by atoms with E-state index in [1.165, 1.54) is 4.90 Å². The van der Waals surface area contributed by atoms with Crippen LogP contribution in [0.15, 0.2) is 0 Å². The van der Waals surface area contributed by atoms with Crippen molar-refractivity contribution in [2.24, 2.45) is 5.92 Å².